The summed E-state index contributed by atoms with van der Waals surface area (Å²) in [7, 11) is -3.46. The third-order valence-electron chi connectivity index (χ3n) is 8.38. The summed E-state index contributed by atoms with van der Waals surface area (Å²) in [6, 6.07) is 8.35. The maximum atomic E-state index is 13.9. The summed E-state index contributed by atoms with van der Waals surface area (Å²) in [6.45, 7) is 3.24. The molecular weight excluding hydrogens is 599 g/mol. The van der Waals surface area contributed by atoms with Crippen LogP contribution < -0.4 is 10.1 Å². The SMILES string of the molecule is CS(=O)(=O)N1CCc2oc(-c3nc(Nc4ccc(OCCN5CCC(C(=O)C6CC6)CC5)cc4)ncc3C(F)(F)F)cc2C1. The van der Waals surface area contributed by atoms with Crippen LogP contribution in [-0.2, 0) is 34.0 Å². The maximum absolute atomic E-state index is 13.9. The Kier molecular flexibility index (Phi) is 8.42. The van der Waals surface area contributed by atoms with E-state index in [0.29, 0.717) is 47.3 Å². The summed E-state index contributed by atoms with van der Waals surface area (Å²) in [5, 5.41) is 2.93. The molecule has 2 aliphatic heterocycles. The van der Waals surface area contributed by atoms with Crippen LogP contribution >= 0.6 is 0 Å². The number of piperidine rings is 1. The smallest absolute Gasteiger partial charge is 0.420 e. The molecule has 0 unspecified atom stereocenters. The van der Waals surface area contributed by atoms with Gasteiger partial charge in [-0.3, -0.25) is 9.69 Å². The van der Waals surface area contributed by atoms with E-state index in [-0.39, 0.29) is 37.1 Å². The van der Waals surface area contributed by atoms with Gasteiger partial charge in [0.1, 0.15) is 35.2 Å². The van der Waals surface area contributed by atoms with Crippen molar-refractivity contribution < 1.29 is 35.5 Å². The number of Topliss-reactive ketones (excluding diaryl/α,β-unsaturated/α-hetero) is 1. The highest BCUT2D eigenvalue weighted by molar-refractivity contribution is 7.88. The Labute approximate surface area is 253 Å². The van der Waals surface area contributed by atoms with E-state index in [0.717, 1.165) is 51.6 Å². The number of aromatic nitrogens is 2. The molecule has 1 saturated carbocycles. The average Bonchev–Trinajstić information content (AvgIpc) is 3.75. The first kappa shape index (κ1) is 30.5. The summed E-state index contributed by atoms with van der Waals surface area (Å²) in [4.78, 5) is 22.6. The summed E-state index contributed by atoms with van der Waals surface area (Å²) in [5.41, 5.74) is -0.442. The largest absolute Gasteiger partial charge is 0.492 e. The molecule has 3 aromatic rings. The molecule has 6 rings (SSSR count). The zero-order chi connectivity index (χ0) is 31.1. The molecule has 14 heteroatoms. The summed E-state index contributed by atoms with van der Waals surface area (Å²) in [6.07, 6.45) is 1.24. The zero-order valence-corrected chi connectivity index (χ0v) is 25.1. The van der Waals surface area contributed by atoms with Crippen molar-refractivity contribution in [1.82, 2.24) is 19.2 Å². The molecule has 0 atom stereocenters. The van der Waals surface area contributed by atoms with E-state index < -0.39 is 27.5 Å². The summed E-state index contributed by atoms with van der Waals surface area (Å²) >= 11 is 0. The lowest BCUT2D eigenvalue weighted by molar-refractivity contribution is -0.137. The molecule has 2 aromatic heterocycles. The molecule has 236 valence electrons. The van der Waals surface area contributed by atoms with Crippen molar-refractivity contribution in [3.8, 4) is 17.2 Å². The van der Waals surface area contributed by atoms with Gasteiger partial charge in [0.2, 0.25) is 16.0 Å². The van der Waals surface area contributed by atoms with Gasteiger partial charge in [0.25, 0.3) is 0 Å². The molecule has 1 aliphatic carbocycles. The number of anilines is 2. The van der Waals surface area contributed by atoms with E-state index in [1.807, 2.05) is 0 Å². The number of halogens is 3. The molecule has 44 heavy (non-hydrogen) atoms. The summed E-state index contributed by atoms with van der Waals surface area (Å²) in [5.74, 6) is 1.90. The van der Waals surface area contributed by atoms with Gasteiger partial charge < -0.3 is 14.5 Å². The molecular formula is C30H34F3N5O5S. The van der Waals surface area contributed by atoms with Gasteiger partial charge in [-0.05, 0) is 69.1 Å². The maximum Gasteiger partial charge on any atom is 0.420 e. The quantitative estimate of drug-likeness (QED) is 0.333. The Hall–Kier alpha value is -3.49. The Bertz CT molecular complexity index is 1610. The van der Waals surface area contributed by atoms with Crippen molar-refractivity contribution in [3.63, 3.8) is 0 Å². The topological polar surface area (TPSA) is 118 Å². The normalized spacial score (nSPS) is 18.6. The summed E-state index contributed by atoms with van der Waals surface area (Å²) < 4.78 is 78.4. The Balaban J connectivity index is 1.07. The molecule has 0 radical (unpaired) electrons. The van der Waals surface area contributed by atoms with Crippen molar-refractivity contribution in [2.75, 3.05) is 44.4 Å². The number of ketones is 1. The van der Waals surface area contributed by atoms with Crippen LogP contribution in [0.2, 0.25) is 0 Å². The number of ether oxygens (including phenoxy) is 1. The first-order chi connectivity index (χ1) is 20.9. The van der Waals surface area contributed by atoms with Crippen molar-refractivity contribution in [2.24, 2.45) is 11.8 Å². The van der Waals surface area contributed by atoms with Gasteiger partial charge in [-0.1, -0.05) is 0 Å². The first-order valence-corrected chi connectivity index (χ1v) is 16.6. The predicted molar refractivity (Wildman–Crippen MR) is 156 cm³/mol. The fourth-order valence-electron chi connectivity index (χ4n) is 5.74. The van der Waals surface area contributed by atoms with Crippen molar-refractivity contribution in [2.45, 2.75) is 44.8 Å². The lowest BCUT2D eigenvalue weighted by Gasteiger charge is -2.31. The molecule has 0 spiro atoms. The minimum Gasteiger partial charge on any atom is -0.492 e. The number of carbonyl (C=O) groups is 1. The molecule has 1 aromatic carbocycles. The van der Waals surface area contributed by atoms with Crippen LogP contribution in [0.4, 0.5) is 24.8 Å². The van der Waals surface area contributed by atoms with Crippen LogP contribution in [0, 0.1) is 11.8 Å². The van der Waals surface area contributed by atoms with Gasteiger partial charge in [0.05, 0.1) is 6.26 Å². The number of carbonyl (C=O) groups excluding carboxylic acids is 1. The van der Waals surface area contributed by atoms with E-state index in [1.165, 1.54) is 10.4 Å². The van der Waals surface area contributed by atoms with Gasteiger partial charge >= 0.3 is 6.18 Å². The van der Waals surface area contributed by atoms with Crippen LogP contribution in [0.25, 0.3) is 11.5 Å². The Morgan fingerprint density at radius 2 is 1.80 bits per heavy atom. The Morgan fingerprint density at radius 3 is 2.45 bits per heavy atom. The van der Waals surface area contributed by atoms with Gasteiger partial charge in [-0.2, -0.15) is 17.5 Å². The van der Waals surface area contributed by atoms with Crippen LogP contribution in [0.3, 0.4) is 0 Å². The van der Waals surface area contributed by atoms with Crippen molar-refractivity contribution >= 4 is 27.4 Å². The van der Waals surface area contributed by atoms with E-state index in [2.05, 4.69) is 20.2 Å². The highest BCUT2D eigenvalue weighted by Gasteiger charge is 2.38. The van der Waals surface area contributed by atoms with Crippen molar-refractivity contribution in [1.29, 1.82) is 0 Å². The third kappa shape index (κ3) is 7.08. The molecule has 2 fully saturated rings. The second kappa shape index (κ2) is 12.1. The Morgan fingerprint density at radius 1 is 1.09 bits per heavy atom. The number of fused-ring (bicyclic) bond motifs is 1. The number of sulfonamides is 1. The number of hydrogen-bond donors (Lipinski definition) is 1. The van der Waals surface area contributed by atoms with E-state index in [4.69, 9.17) is 9.15 Å². The second-order valence-electron chi connectivity index (χ2n) is 11.6. The molecule has 3 aliphatic rings. The zero-order valence-electron chi connectivity index (χ0n) is 24.3. The number of nitrogens with zero attached hydrogens (tertiary/aromatic N) is 4. The number of alkyl halides is 3. The average molecular weight is 634 g/mol. The van der Waals surface area contributed by atoms with E-state index >= 15 is 0 Å². The molecule has 0 amide bonds. The molecule has 1 saturated heterocycles. The second-order valence-corrected chi connectivity index (χ2v) is 13.6. The highest BCUT2D eigenvalue weighted by Crippen LogP contribution is 2.39. The fraction of sp³-hybridized carbons (Fsp3) is 0.500. The highest BCUT2D eigenvalue weighted by atomic mass is 32.2. The lowest BCUT2D eigenvalue weighted by atomic mass is 9.90. The van der Waals surface area contributed by atoms with E-state index in [1.54, 1.807) is 24.3 Å². The van der Waals surface area contributed by atoms with E-state index in [9.17, 15) is 26.4 Å². The molecule has 0 bridgehead atoms. The van der Waals surface area contributed by atoms with Gasteiger partial charge in [-0.15, -0.1) is 0 Å². The number of rotatable bonds is 10. The minimum atomic E-state index is -4.73. The number of likely N-dealkylation sites (tertiary alicyclic amines) is 1. The van der Waals surface area contributed by atoms with Gasteiger partial charge in [-0.25, -0.2) is 18.4 Å². The van der Waals surface area contributed by atoms with Crippen LogP contribution in [0.15, 0.2) is 40.9 Å². The van der Waals surface area contributed by atoms with Gasteiger partial charge in [0, 0.05) is 55.3 Å². The van der Waals surface area contributed by atoms with Crippen LogP contribution in [-0.4, -0.2) is 72.4 Å². The monoisotopic (exact) mass is 633 g/mol. The fourth-order valence-corrected chi connectivity index (χ4v) is 6.54. The lowest BCUT2D eigenvalue weighted by Crippen LogP contribution is -2.38. The number of hydrogen-bond acceptors (Lipinski definition) is 9. The van der Waals surface area contributed by atoms with Crippen molar-refractivity contribution in [3.05, 3.63) is 53.4 Å². The number of nitrogens with one attached hydrogen (secondary N) is 1. The number of benzene rings is 1. The standard InChI is InChI=1S/C30H34F3N5O5S/c1-44(40,41)38-13-10-25-21(18-38)16-26(43-25)27-24(30(31,32)33)17-34-29(36-27)35-22-4-6-23(7-5-22)42-15-14-37-11-8-20(9-12-37)28(39)19-2-3-19/h4-7,16-17,19-20H,2-3,8-15,18H2,1H3,(H,34,35,36). The molecule has 1 N–H and O–H groups in total. The predicted octanol–water partition coefficient (Wildman–Crippen LogP) is 4.89. The molecule has 4 heterocycles. The first-order valence-electron chi connectivity index (χ1n) is 14.7. The van der Waals surface area contributed by atoms with Gasteiger partial charge in [0.15, 0.2) is 5.76 Å². The van der Waals surface area contributed by atoms with Crippen LogP contribution in [0.1, 0.15) is 42.6 Å². The molecule has 10 nitrogen and oxygen atoms in total. The van der Waals surface area contributed by atoms with Crippen LogP contribution in [0.5, 0.6) is 5.75 Å². The number of furan rings is 1. The minimum absolute atomic E-state index is 0.0174. The third-order valence-corrected chi connectivity index (χ3v) is 9.63.